The van der Waals surface area contributed by atoms with Gasteiger partial charge in [-0.05, 0) is 73.2 Å². The number of ketones is 1. The molecule has 0 aliphatic heterocycles. The Morgan fingerprint density at radius 1 is 0.943 bits per heavy atom. The van der Waals surface area contributed by atoms with E-state index < -0.39 is 10.0 Å². The van der Waals surface area contributed by atoms with Crippen molar-refractivity contribution in [1.82, 2.24) is 5.16 Å². The molecule has 2 N–H and O–H groups in total. The summed E-state index contributed by atoms with van der Waals surface area (Å²) >= 11 is 12.0. The van der Waals surface area contributed by atoms with E-state index in [2.05, 4.69) is 15.2 Å². The minimum atomic E-state index is -3.84. The van der Waals surface area contributed by atoms with Crippen LogP contribution in [0.25, 0.3) is 0 Å². The molecule has 0 fully saturated rings. The van der Waals surface area contributed by atoms with Gasteiger partial charge in [-0.2, -0.15) is 0 Å². The molecule has 0 spiro atoms. The predicted octanol–water partition coefficient (Wildman–Crippen LogP) is 6.52. The Bertz CT molecular complexity index is 1420. The summed E-state index contributed by atoms with van der Waals surface area (Å²) in [5.41, 5.74) is 2.05. The summed E-state index contributed by atoms with van der Waals surface area (Å²) in [6.45, 7) is 1.67. The summed E-state index contributed by atoms with van der Waals surface area (Å²) in [6, 6.07) is 21.2. The molecule has 0 bridgehead atoms. The van der Waals surface area contributed by atoms with Crippen molar-refractivity contribution in [3.8, 4) is 0 Å². The first-order valence-corrected chi connectivity index (χ1v) is 12.8. The Morgan fingerprint density at radius 2 is 1.54 bits per heavy atom. The fourth-order valence-electron chi connectivity index (χ4n) is 3.43. The first-order chi connectivity index (χ1) is 16.7. The molecule has 4 aromatic rings. The van der Waals surface area contributed by atoms with Gasteiger partial charge < -0.3 is 9.84 Å². The van der Waals surface area contributed by atoms with Crippen LogP contribution in [0.1, 0.15) is 34.1 Å². The molecular weight excluding hydrogens is 509 g/mol. The maximum atomic E-state index is 12.9. The molecule has 1 atom stereocenters. The third kappa shape index (κ3) is 6.42. The van der Waals surface area contributed by atoms with E-state index in [4.69, 9.17) is 27.7 Å². The number of benzene rings is 3. The van der Waals surface area contributed by atoms with Crippen molar-refractivity contribution >= 4 is 50.5 Å². The number of nitrogens with zero attached hydrogens (tertiary/aromatic N) is 1. The van der Waals surface area contributed by atoms with E-state index in [1.807, 2.05) is 12.1 Å². The second-order valence-corrected chi connectivity index (χ2v) is 10.4. The molecule has 0 saturated heterocycles. The molecule has 180 valence electrons. The molecule has 0 aliphatic rings. The molecule has 10 heteroatoms. The minimum absolute atomic E-state index is 0.0592. The summed E-state index contributed by atoms with van der Waals surface area (Å²) in [7, 11) is -3.84. The van der Waals surface area contributed by atoms with E-state index >= 15 is 0 Å². The number of hydrogen-bond donors (Lipinski definition) is 2. The van der Waals surface area contributed by atoms with Gasteiger partial charge in [0.25, 0.3) is 10.0 Å². The summed E-state index contributed by atoms with van der Waals surface area (Å²) < 4.78 is 32.6. The van der Waals surface area contributed by atoms with E-state index in [0.717, 1.165) is 5.56 Å². The fourth-order valence-corrected chi connectivity index (χ4v) is 4.66. The van der Waals surface area contributed by atoms with E-state index in [9.17, 15) is 13.2 Å². The lowest BCUT2D eigenvalue weighted by Gasteiger charge is -2.20. The number of nitrogens with one attached hydrogen (secondary N) is 2. The first kappa shape index (κ1) is 24.8. The zero-order chi connectivity index (χ0) is 25.0. The molecule has 1 aromatic heterocycles. The predicted molar refractivity (Wildman–Crippen MR) is 137 cm³/mol. The minimum Gasteiger partial charge on any atom is -0.378 e. The van der Waals surface area contributed by atoms with Crippen LogP contribution < -0.4 is 10.0 Å². The van der Waals surface area contributed by atoms with Gasteiger partial charge in [-0.1, -0.05) is 40.5 Å². The molecule has 3 aromatic carbocycles. The number of sulfonamides is 1. The van der Waals surface area contributed by atoms with E-state index in [-0.39, 0.29) is 29.0 Å². The highest BCUT2D eigenvalue weighted by Gasteiger charge is 2.19. The van der Waals surface area contributed by atoms with E-state index in [1.54, 1.807) is 55.5 Å². The van der Waals surface area contributed by atoms with Crippen molar-refractivity contribution in [3.05, 3.63) is 106 Å². The second-order valence-electron chi connectivity index (χ2n) is 7.84. The summed E-state index contributed by atoms with van der Waals surface area (Å²) in [5.74, 6) is 0.525. The molecule has 0 amide bonds. The number of aryl methyl sites for hydroxylation is 1. The Morgan fingerprint density at radius 3 is 2.11 bits per heavy atom. The van der Waals surface area contributed by atoms with Gasteiger partial charge in [-0.25, -0.2) is 8.42 Å². The van der Waals surface area contributed by atoms with Gasteiger partial charge >= 0.3 is 0 Å². The molecule has 0 aliphatic carbocycles. The highest BCUT2D eigenvalue weighted by molar-refractivity contribution is 7.92. The maximum absolute atomic E-state index is 12.9. The highest BCUT2D eigenvalue weighted by atomic mass is 35.5. The van der Waals surface area contributed by atoms with E-state index in [1.165, 1.54) is 18.2 Å². The normalized spacial score (nSPS) is 12.2. The molecule has 4 rings (SSSR count). The zero-order valence-corrected chi connectivity index (χ0v) is 20.9. The number of aromatic nitrogens is 1. The first-order valence-electron chi connectivity index (χ1n) is 10.6. The second kappa shape index (κ2) is 10.5. The van der Waals surface area contributed by atoms with E-state index in [0.29, 0.717) is 27.1 Å². The van der Waals surface area contributed by atoms with Gasteiger partial charge in [-0.3, -0.25) is 9.52 Å². The van der Waals surface area contributed by atoms with Gasteiger partial charge in [0.15, 0.2) is 11.6 Å². The Labute approximate surface area is 213 Å². The van der Waals surface area contributed by atoms with Crippen molar-refractivity contribution < 1.29 is 17.7 Å². The van der Waals surface area contributed by atoms with Crippen molar-refractivity contribution in [2.24, 2.45) is 0 Å². The molecule has 35 heavy (non-hydrogen) atoms. The van der Waals surface area contributed by atoms with Gasteiger partial charge in [0.1, 0.15) is 5.76 Å². The summed E-state index contributed by atoms with van der Waals surface area (Å²) in [4.78, 5) is 13.0. The third-order valence-electron chi connectivity index (χ3n) is 5.20. The summed E-state index contributed by atoms with van der Waals surface area (Å²) in [6.07, 6.45) is 0.163. The SMILES string of the molecule is Cc1cc(NS(=O)(=O)c2ccc(NC(CC(=O)c3ccc(Cl)cc3)c3ccc(Cl)cc3)cc2)no1. The summed E-state index contributed by atoms with van der Waals surface area (Å²) in [5, 5.41) is 8.12. The lowest BCUT2D eigenvalue weighted by atomic mass is 9.97. The molecule has 7 nitrogen and oxygen atoms in total. The van der Waals surface area contributed by atoms with Crippen LogP contribution in [0.3, 0.4) is 0 Å². The standard InChI is InChI=1S/C25H21Cl2N3O4S/c1-16-14-25(29-34-16)30-35(32,33)22-12-10-21(11-13-22)28-23(17-2-6-19(26)7-3-17)15-24(31)18-4-8-20(27)9-5-18/h2-14,23,28H,15H2,1H3,(H,29,30). The molecule has 1 unspecified atom stereocenters. The Kier molecular flexibility index (Phi) is 7.45. The smallest absolute Gasteiger partial charge is 0.263 e. The van der Waals surface area contributed by atoms with Crippen LogP contribution in [0.4, 0.5) is 11.5 Å². The molecule has 0 saturated carbocycles. The molecular formula is C25H21Cl2N3O4S. The van der Waals surface area contributed by atoms with Gasteiger partial charge in [0.2, 0.25) is 0 Å². The number of rotatable bonds is 9. The average Bonchev–Trinajstić information content (AvgIpc) is 3.23. The van der Waals surface area contributed by atoms with Gasteiger partial charge in [0, 0.05) is 33.8 Å². The fraction of sp³-hybridized carbons (Fsp3) is 0.120. The number of Topliss-reactive ketones (excluding diaryl/α,β-unsaturated/α-hetero) is 1. The lowest BCUT2D eigenvalue weighted by Crippen LogP contribution is -2.16. The average molecular weight is 530 g/mol. The van der Waals surface area contributed by atoms with Crippen LogP contribution >= 0.6 is 23.2 Å². The van der Waals surface area contributed by atoms with Gasteiger partial charge in [0.05, 0.1) is 10.9 Å². The number of carbonyl (C=O) groups excluding carboxylic acids is 1. The van der Waals surface area contributed by atoms with Crippen LogP contribution in [-0.2, 0) is 10.0 Å². The number of halogens is 2. The van der Waals surface area contributed by atoms with Crippen LogP contribution in [0, 0.1) is 6.92 Å². The van der Waals surface area contributed by atoms with Gasteiger partial charge in [-0.15, -0.1) is 0 Å². The van der Waals surface area contributed by atoms with Crippen molar-refractivity contribution in [2.45, 2.75) is 24.3 Å². The van der Waals surface area contributed by atoms with Crippen molar-refractivity contribution in [3.63, 3.8) is 0 Å². The highest BCUT2D eigenvalue weighted by Crippen LogP contribution is 2.27. The molecule has 0 radical (unpaired) electrons. The van der Waals surface area contributed by atoms with Crippen LogP contribution in [0.5, 0.6) is 0 Å². The quantitative estimate of drug-likeness (QED) is 0.239. The Balaban J connectivity index is 1.53. The van der Waals surface area contributed by atoms with Crippen LogP contribution in [-0.4, -0.2) is 19.4 Å². The van der Waals surface area contributed by atoms with Crippen molar-refractivity contribution in [1.29, 1.82) is 0 Å². The van der Waals surface area contributed by atoms with Crippen LogP contribution in [0.2, 0.25) is 10.0 Å². The van der Waals surface area contributed by atoms with Crippen LogP contribution in [0.15, 0.2) is 88.3 Å². The topological polar surface area (TPSA) is 101 Å². The third-order valence-corrected chi connectivity index (χ3v) is 7.08. The van der Waals surface area contributed by atoms with Crippen molar-refractivity contribution in [2.75, 3.05) is 10.0 Å². The largest absolute Gasteiger partial charge is 0.378 e. The zero-order valence-electron chi connectivity index (χ0n) is 18.5. The number of anilines is 2. The lowest BCUT2D eigenvalue weighted by molar-refractivity contribution is 0.0976. The Hall–Kier alpha value is -3.33. The number of carbonyl (C=O) groups is 1. The maximum Gasteiger partial charge on any atom is 0.263 e. The molecule has 1 heterocycles. The monoisotopic (exact) mass is 529 g/mol. The number of hydrogen-bond acceptors (Lipinski definition) is 6.